The van der Waals surface area contributed by atoms with Crippen LogP contribution < -0.4 is 15.8 Å². The maximum atomic E-state index is 13.0. The van der Waals surface area contributed by atoms with Gasteiger partial charge in [-0.3, -0.25) is 14.3 Å². The van der Waals surface area contributed by atoms with Crippen molar-refractivity contribution in [2.75, 3.05) is 38.1 Å². The van der Waals surface area contributed by atoms with E-state index in [0.717, 1.165) is 13.1 Å². The van der Waals surface area contributed by atoms with Crippen LogP contribution in [0.2, 0.25) is 5.02 Å². The van der Waals surface area contributed by atoms with Crippen LogP contribution in [0, 0.1) is 0 Å². The highest BCUT2D eigenvalue weighted by Crippen LogP contribution is 2.32. The van der Waals surface area contributed by atoms with E-state index in [1.54, 1.807) is 18.2 Å². The normalized spacial score (nSPS) is 25.0. The fourth-order valence-corrected chi connectivity index (χ4v) is 6.35. The van der Waals surface area contributed by atoms with E-state index >= 15 is 0 Å². The van der Waals surface area contributed by atoms with Crippen molar-refractivity contribution < 1.29 is 29.3 Å². The van der Waals surface area contributed by atoms with Crippen molar-refractivity contribution in [1.29, 1.82) is 0 Å². The first-order valence-electron chi connectivity index (χ1n) is 14.5. The number of carboxylic acids is 1. The van der Waals surface area contributed by atoms with E-state index in [2.05, 4.69) is 25.2 Å². The molecule has 3 aromatic rings. The number of fused-ring (bicyclic) bond motifs is 1. The van der Waals surface area contributed by atoms with Crippen molar-refractivity contribution in [3.05, 3.63) is 41.4 Å². The minimum absolute atomic E-state index is 0.0517. The van der Waals surface area contributed by atoms with Crippen molar-refractivity contribution >= 4 is 40.5 Å². The van der Waals surface area contributed by atoms with Crippen LogP contribution in [-0.2, 0) is 20.9 Å². The Morgan fingerprint density at radius 3 is 2.63 bits per heavy atom. The van der Waals surface area contributed by atoms with Gasteiger partial charge in [0.1, 0.15) is 18.2 Å². The number of halogens is 1. The highest BCUT2D eigenvalue weighted by molar-refractivity contribution is 6.30. The van der Waals surface area contributed by atoms with Crippen LogP contribution in [0.5, 0.6) is 5.75 Å². The molecule has 2 saturated heterocycles. The molecule has 0 bridgehead atoms. The number of aliphatic carboxylic acids is 1. The minimum atomic E-state index is -1.37. The zero-order valence-electron chi connectivity index (χ0n) is 23.5. The van der Waals surface area contributed by atoms with Crippen LogP contribution in [0.25, 0.3) is 11.2 Å². The van der Waals surface area contributed by atoms with Crippen molar-refractivity contribution in [3.63, 3.8) is 0 Å². The van der Waals surface area contributed by atoms with Gasteiger partial charge < -0.3 is 35.6 Å². The quantitative estimate of drug-likeness (QED) is 0.271. The average molecular weight is 615 g/mol. The summed E-state index contributed by atoms with van der Waals surface area (Å²) in [5, 5.41) is 23.6. The molecular formula is C28H35ClN8O6. The molecule has 4 atom stereocenters. The Hall–Kier alpha value is -3.56. The topological polar surface area (TPSA) is 181 Å². The number of ether oxygens (including phenoxy) is 2. The summed E-state index contributed by atoms with van der Waals surface area (Å²) >= 11 is 6.29. The molecule has 1 aromatic carbocycles. The first-order valence-corrected chi connectivity index (χ1v) is 14.8. The van der Waals surface area contributed by atoms with E-state index in [-0.39, 0.29) is 19.1 Å². The summed E-state index contributed by atoms with van der Waals surface area (Å²) in [6, 6.07) is 4.73. The van der Waals surface area contributed by atoms with Gasteiger partial charge in [0.25, 0.3) is 5.91 Å². The summed E-state index contributed by atoms with van der Waals surface area (Å²) in [4.78, 5) is 41.7. The number of nitrogens with one attached hydrogen (secondary N) is 1. The van der Waals surface area contributed by atoms with E-state index in [9.17, 15) is 19.8 Å². The monoisotopic (exact) mass is 614 g/mol. The first kappa shape index (κ1) is 29.5. The SMILES string of the molecule is NC1C(C(=O)O)OC(n2cnc3c(NCc4cc(Cl)ccc4OCC(=O)N4CCN(C5CCCC5)CC4)ncnc32)C1O. The Balaban J connectivity index is 1.10. The second kappa shape index (κ2) is 12.6. The second-order valence-corrected chi connectivity index (χ2v) is 11.6. The second-order valence-electron chi connectivity index (χ2n) is 11.1. The van der Waals surface area contributed by atoms with E-state index in [1.165, 1.54) is 42.9 Å². The molecule has 14 nitrogen and oxygen atoms in total. The standard InChI is InChI=1S/C28H35ClN8O6/c29-17-5-6-19(42-13-20(38)36-9-7-35(8-10-36)18-3-1-2-4-18)16(11-17)12-31-25-22-26(33-14-32-25)37(15-34-22)27-23(39)21(30)24(43-27)28(40)41/h5-6,11,14-15,18,21,23-24,27,39H,1-4,7-10,12-13,30H2,(H,40,41)(H,31,32,33). The number of carboxylic acid groups (broad SMARTS) is 1. The molecule has 3 aliphatic rings. The van der Waals surface area contributed by atoms with Gasteiger partial charge in [-0.25, -0.2) is 19.7 Å². The lowest BCUT2D eigenvalue weighted by atomic mass is 10.1. The van der Waals surface area contributed by atoms with Gasteiger partial charge in [0.2, 0.25) is 0 Å². The lowest BCUT2D eigenvalue weighted by molar-refractivity contribution is -0.152. The molecule has 5 N–H and O–H groups in total. The van der Waals surface area contributed by atoms with E-state index in [1.807, 2.05) is 4.90 Å². The number of anilines is 1. The van der Waals surface area contributed by atoms with Gasteiger partial charge in [-0.1, -0.05) is 24.4 Å². The molecule has 2 aliphatic heterocycles. The van der Waals surface area contributed by atoms with Crippen molar-refractivity contribution in [3.8, 4) is 5.75 Å². The highest BCUT2D eigenvalue weighted by Gasteiger charge is 2.46. The Morgan fingerprint density at radius 2 is 1.91 bits per heavy atom. The number of amides is 1. The summed E-state index contributed by atoms with van der Waals surface area (Å²) in [7, 11) is 0. The molecule has 230 valence electrons. The zero-order chi connectivity index (χ0) is 30.1. The fraction of sp³-hybridized carbons (Fsp3) is 0.536. The van der Waals surface area contributed by atoms with Crippen molar-refractivity contribution in [1.82, 2.24) is 29.3 Å². The number of nitrogens with zero attached hydrogens (tertiary/aromatic N) is 6. The number of carbonyl (C=O) groups is 2. The van der Waals surface area contributed by atoms with Crippen molar-refractivity contribution in [2.24, 2.45) is 5.73 Å². The van der Waals surface area contributed by atoms with Crippen LogP contribution in [0.4, 0.5) is 5.82 Å². The molecule has 4 unspecified atom stereocenters. The van der Waals surface area contributed by atoms with Gasteiger partial charge in [-0.2, -0.15) is 0 Å². The maximum absolute atomic E-state index is 13.0. The van der Waals surface area contributed by atoms with Crippen LogP contribution in [-0.4, -0.2) is 108 Å². The molecule has 1 saturated carbocycles. The minimum Gasteiger partial charge on any atom is -0.483 e. The molecule has 2 aromatic heterocycles. The Morgan fingerprint density at radius 1 is 1.14 bits per heavy atom. The Labute approximate surface area is 252 Å². The van der Waals surface area contributed by atoms with Crippen LogP contribution in [0.1, 0.15) is 37.5 Å². The number of aliphatic hydroxyl groups is 1. The van der Waals surface area contributed by atoms with E-state index in [4.69, 9.17) is 26.8 Å². The first-order chi connectivity index (χ1) is 20.8. The summed E-state index contributed by atoms with van der Waals surface area (Å²) in [5.41, 5.74) is 7.27. The third-order valence-corrected chi connectivity index (χ3v) is 8.76. The highest BCUT2D eigenvalue weighted by atomic mass is 35.5. The number of imidazole rings is 1. The lowest BCUT2D eigenvalue weighted by Crippen LogP contribution is -2.52. The molecule has 15 heteroatoms. The van der Waals surface area contributed by atoms with Crippen LogP contribution >= 0.6 is 11.6 Å². The van der Waals surface area contributed by atoms with Crippen LogP contribution in [0.15, 0.2) is 30.9 Å². The number of carbonyl (C=O) groups excluding carboxylic acids is 1. The number of hydrogen-bond acceptors (Lipinski definition) is 11. The fourth-order valence-electron chi connectivity index (χ4n) is 6.15. The van der Waals surface area contributed by atoms with Crippen LogP contribution in [0.3, 0.4) is 0 Å². The summed E-state index contributed by atoms with van der Waals surface area (Å²) < 4.78 is 12.9. The number of hydrogen-bond donors (Lipinski definition) is 4. The molecule has 0 radical (unpaired) electrons. The molecule has 43 heavy (non-hydrogen) atoms. The molecular weight excluding hydrogens is 580 g/mol. The molecule has 3 fully saturated rings. The van der Waals surface area contributed by atoms with Gasteiger partial charge in [-0.15, -0.1) is 0 Å². The number of benzene rings is 1. The largest absolute Gasteiger partial charge is 0.483 e. The molecule has 0 spiro atoms. The van der Waals surface area contributed by atoms with E-state index < -0.39 is 30.4 Å². The Kier molecular flexibility index (Phi) is 8.63. The average Bonchev–Trinajstić information content (AvgIpc) is 3.76. The number of aliphatic hydroxyl groups excluding tert-OH is 1. The third-order valence-electron chi connectivity index (χ3n) is 8.53. The predicted octanol–water partition coefficient (Wildman–Crippen LogP) is 1.23. The molecule has 1 aliphatic carbocycles. The number of piperazine rings is 1. The Bertz CT molecular complexity index is 1470. The maximum Gasteiger partial charge on any atom is 0.334 e. The van der Waals surface area contributed by atoms with Gasteiger partial charge in [0, 0.05) is 49.4 Å². The predicted molar refractivity (Wildman–Crippen MR) is 156 cm³/mol. The smallest absolute Gasteiger partial charge is 0.334 e. The van der Waals surface area contributed by atoms with Gasteiger partial charge in [0.15, 0.2) is 35.9 Å². The summed E-state index contributed by atoms with van der Waals surface area (Å²) in [6.45, 7) is 3.37. The van der Waals surface area contributed by atoms with Crippen molar-refractivity contribution in [2.45, 2.75) is 62.7 Å². The van der Waals surface area contributed by atoms with Gasteiger partial charge in [-0.05, 0) is 31.0 Å². The summed E-state index contributed by atoms with van der Waals surface area (Å²) in [6.07, 6.45) is 4.08. The molecule has 4 heterocycles. The third kappa shape index (κ3) is 6.10. The lowest BCUT2D eigenvalue weighted by Gasteiger charge is -2.38. The summed E-state index contributed by atoms with van der Waals surface area (Å²) in [5.74, 6) is -0.415. The zero-order valence-corrected chi connectivity index (χ0v) is 24.3. The number of rotatable bonds is 9. The molecule has 1 amide bonds. The van der Waals surface area contributed by atoms with Gasteiger partial charge in [0.05, 0.1) is 12.4 Å². The number of nitrogens with two attached hydrogens (primary N) is 1. The number of aromatic nitrogens is 4. The molecule has 6 rings (SSSR count). The van der Waals surface area contributed by atoms with E-state index in [0.29, 0.717) is 52.4 Å². The van der Waals surface area contributed by atoms with Gasteiger partial charge >= 0.3 is 5.97 Å².